The lowest BCUT2D eigenvalue weighted by Gasteiger charge is -2.09. The van der Waals surface area contributed by atoms with Crippen LogP contribution in [0.2, 0.25) is 0 Å². The van der Waals surface area contributed by atoms with Crippen LogP contribution in [0.15, 0.2) is 18.2 Å². The van der Waals surface area contributed by atoms with Gasteiger partial charge in [-0.1, -0.05) is 13.3 Å². The van der Waals surface area contributed by atoms with Crippen LogP contribution < -0.4 is 10.5 Å². The minimum atomic E-state index is 0.419. The Bertz CT molecular complexity index is 609. The van der Waals surface area contributed by atoms with Crippen LogP contribution in [-0.4, -0.2) is 27.3 Å². The topological polar surface area (TPSA) is 78.9 Å². The van der Waals surface area contributed by atoms with Crippen molar-refractivity contribution in [2.45, 2.75) is 32.2 Å². The summed E-state index contributed by atoms with van der Waals surface area (Å²) in [7, 11) is 1.63. The fraction of sp³-hybridized carbons (Fsp3) is 0.500. The van der Waals surface area contributed by atoms with Crippen molar-refractivity contribution in [3.63, 3.8) is 0 Å². The second-order valence-corrected chi connectivity index (χ2v) is 5.26. The molecule has 1 aromatic heterocycles. The van der Waals surface area contributed by atoms with Gasteiger partial charge in [0, 0.05) is 11.8 Å². The molecule has 2 aromatic rings. The number of nitrogens with zero attached hydrogens (tertiary/aromatic N) is 4. The number of tetrazole rings is 1. The zero-order chi connectivity index (χ0) is 14.1. The number of aromatic nitrogens is 4. The third kappa shape index (κ3) is 2.21. The number of nitrogen functional groups attached to an aromatic ring is 1. The average Bonchev–Trinajstić information content (AvgIpc) is 3.04. The Morgan fingerprint density at radius 3 is 3.05 bits per heavy atom. The molecule has 0 bridgehead atoms. The van der Waals surface area contributed by atoms with E-state index in [1.165, 1.54) is 12.8 Å². The molecule has 3 rings (SSSR count). The average molecular weight is 273 g/mol. The molecule has 1 heterocycles. The molecule has 6 nitrogen and oxygen atoms in total. The Balaban J connectivity index is 1.94. The van der Waals surface area contributed by atoms with Crippen molar-refractivity contribution in [3.8, 4) is 17.1 Å². The van der Waals surface area contributed by atoms with E-state index in [4.69, 9.17) is 10.5 Å². The maximum Gasteiger partial charge on any atom is 0.186 e. The van der Waals surface area contributed by atoms with Crippen LogP contribution >= 0.6 is 0 Å². The van der Waals surface area contributed by atoms with Crippen molar-refractivity contribution in [1.29, 1.82) is 0 Å². The molecule has 6 heteroatoms. The second-order valence-electron chi connectivity index (χ2n) is 5.26. The molecule has 1 fully saturated rings. The first-order valence-electron chi connectivity index (χ1n) is 6.96. The number of ether oxygens (including phenoxy) is 1. The van der Waals surface area contributed by atoms with E-state index in [-0.39, 0.29) is 0 Å². The molecule has 0 amide bonds. The zero-order valence-corrected chi connectivity index (χ0v) is 11.8. The van der Waals surface area contributed by atoms with Crippen LogP contribution in [0.4, 0.5) is 5.69 Å². The van der Waals surface area contributed by atoms with Crippen LogP contribution in [0.1, 0.15) is 32.2 Å². The molecule has 1 saturated carbocycles. The normalized spacial score (nSPS) is 20.9. The summed E-state index contributed by atoms with van der Waals surface area (Å²) in [5, 5.41) is 12.1. The Labute approximate surface area is 117 Å². The van der Waals surface area contributed by atoms with Crippen molar-refractivity contribution >= 4 is 5.69 Å². The lowest BCUT2D eigenvalue weighted by molar-refractivity contribution is 0.415. The van der Waals surface area contributed by atoms with Crippen molar-refractivity contribution in [3.05, 3.63) is 18.2 Å². The minimum Gasteiger partial charge on any atom is -0.496 e. The van der Waals surface area contributed by atoms with Crippen molar-refractivity contribution in [2.24, 2.45) is 5.92 Å². The molecule has 2 N–H and O–H groups in total. The Morgan fingerprint density at radius 1 is 1.45 bits per heavy atom. The standard InChI is InChI=1S/C14H19N5O/c1-3-4-9-7-12(9)19-14(16-17-18-19)11-6-5-10(15)8-13(11)20-2/h5-6,8-9,12H,3-4,7,15H2,1-2H3. The molecule has 1 aliphatic carbocycles. The lowest BCUT2D eigenvalue weighted by atomic mass is 10.1. The Hall–Kier alpha value is -2.11. The van der Waals surface area contributed by atoms with Gasteiger partial charge in [0.2, 0.25) is 0 Å². The molecule has 1 aromatic carbocycles. The molecule has 2 unspecified atom stereocenters. The number of methoxy groups -OCH3 is 1. The number of anilines is 1. The molecular formula is C14H19N5O. The lowest BCUT2D eigenvalue weighted by Crippen LogP contribution is -2.03. The van der Waals surface area contributed by atoms with Crippen molar-refractivity contribution < 1.29 is 4.74 Å². The molecule has 106 valence electrons. The highest BCUT2D eigenvalue weighted by Gasteiger charge is 2.40. The van der Waals surface area contributed by atoms with E-state index in [1.807, 2.05) is 16.8 Å². The third-order valence-electron chi connectivity index (χ3n) is 3.82. The van der Waals surface area contributed by atoms with Gasteiger partial charge in [-0.25, -0.2) is 4.68 Å². The third-order valence-corrected chi connectivity index (χ3v) is 3.82. The molecule has 0 aliphatic heterocycles. The molecular weight excluding hydrogens is 254 g/mol. The van der Waals surface area contributed by atoms with Gasteiger partial charge in [-0.2, -0.15) is 0 Å². The summed E-state index contributed by atoms with van der Waals surface area (Å²) in [6, 6.07) is 5.97. The number of benzene rings is 1. The highest BCUT2D eigenvalue weighted by atomic mass is 16.5. The van der Waals surface area contributed by atoms with Gasteiger partial charge in [-0.05, 0) is 41.3 Å². The summed E-state index contributed by atoms with van der Waals surface area (Å²) in [6.07, 6.45) is 3.58. The first-order valence-corrected chi connectivity index (χ1v) is 6.96. The summed E-state index contributed by atoms with van der Waals surface area (Å²) in [5.74, 6) is 2.15. The minimum absolute atomic E-state index is 0.419. The molecule has 0 spiro atoms. The molecule has 2 atom stereocenters. The maximum atomic E-state index is 5.79. The van der Waals surface area contributed by atoms with Gasteiger partial charge in [0.05, 0.1) is 18.7 Å². The fourth-order valence-electron chi connectivity index (χ4n) is 2.70. The SMILES string of the molecule is CCCC1CC1n1nnnc1-c1ccc(N)cc1OC. The van der Waals surface area contributed by atoms with Crippen molar-refractivity contribution in [2.75, 3.05) is 12.8 Å². The summed E-state index contributed by atoms with van der Waals surface area (Å²) < 4.78 is 7.32. The van der Waals surface area contributed by atoms with E-state index < -0.39 is 0 Å². The Kier molecular flexibility index (Phi) is 3.30. The van der Waals surface area contributed by atoms with Crippen LogP contribution in [0.25, 0.3) is 11.4 Å². The number of hydrogen-bond acceptors (Lipinski definition) is 5. The van der Waals surface area contributed by atoms with Gasteiger partial charge in [-0.15, -0.1) is 5.10 Å². The van der Waals surface area contributed by atoms with E-state index in [0.717, 1.165) is 17.8 Å². The van der Waals surface area contributed by atoms with E-state index in [1.54, 1.807) is 13.2 Å². The second kappa shape index (κ2) is 5.11. The van der Waals surface area contributed by atoms with Gasteiger partial charge >= 0.3 is 0 Å². The van der Waals surface area contributed by atoms with Gasteiger partial charge in [0.1, 0.15) is 5.75 Å². The van der Waals surface area contributed by atoms with Crippen LogP contribution in [0, 0.1) is 5.92 Å². The van der Waals surface area contributed by atoms with Crippen molar-refractivity contribution in [1.82, 2.24) is 20.2 Å². The predicted molar refractivity (Wildman–Crippen MR) is 76.3 cm³/mol. The summed E-state index contributed by atoms with van der Waals surface area (Å²) >= 11 is 0. The summed E-state index contributed by atoms with van der Waals surface area (Å²) in [5.41, 5.74) is 7.34. The summed E-state index contributed by atoms with van der Waals surface area (Å²) in [4.78, 5) is 0. The van der Waals surface area contributed by atoms with Crippen LogP contribution in [0.5, 0.6) is 5.75 Å². The zero-order valence-electron chi connectivity index (χ0n) is 11.8. The van der Waals surface area contributed by atoms with Gasteiger partial charge in [0.15, 0.2) is 5.82 Å². The fourth-order valence-corrected chi connectivity index (χ4v) is 2.70. The van der Waals surface area contributed by atoms with E-state index in [2.05, 4.69) is 22.4 Å². The molecule has 20 heavy (non-hydrogen) atoms. The van der Waals surface area contributed by atoms with Crippen LogP contribution in [0.3, 0.4) is 0 Å². The number of rotatable bonds is 5. The summed E-state index contributed by atoms with van der Waals surface area (Å²) in [6.45, 7) is 2.21. The number of hydrogen-bond donors (Lipinski definition) is 1. The first-order chi connectivity index (χ1) is 9.74. The van der Waals surface area contributed by atoms with E-state index in [0.29, 0.717) is 23.4 Å². The molecule has 0 radical (unpaired) electrons. The van der Waals surface area contributed by atoms with Gasteiger partial charge < -0.3 is 10.5 Å². The maximum absolute atomic E-state index is 5.79. The van der Waals surface area contributed by atoms with E-state index in [9.17, 15) is 0 Å². The molecule has 0 saturated heterocycles. The number of nitrogens with two attached hydrogens (primary N) is 1. The highest BCUT2D eigenvalue weighted by molar-refractivity contribution is 5.67. The van der Waals surface area contributed by atoms with Crippen LogP contribution in [-0.2, 0) is 0 Å². The van der Waals surface area contributed by atoms with Gasteiger partial charge in [-0.3, -0.25) is 0 Å². The first kappa shape index (κ1) is 12.9. The largest absolute Gasteiger partial charge is 0.496 e. The Morgan fingerprint density at radius 2 is 2.30 bits per heavy atom. The monoisotopic (exact) mass is 273 g/mol. The molecule has 1 aliphatic rings. The quantitative estimate of drug-likeness (QED) is 0.845. The van der Waals surface area contributed by atoms with E-state index >= 15 is 0 Å². The highest BCUT2D eigenvalue weighted by Crippen LogP contribution is 2.47. The predicted octanol–water partition coefficient (Wildman–Crippen LogP) is 2.29. The van der Waals surface area contributed by atoms with Gasteiger partial charge in [0.25, 0.3) is 0 Å². The smallest absolute Gasteiger partial charge is 0.186 e.